The molecule has 16 heavy (non-hydrogen) atoms. The lowest BCUT2D eigenvalue weighted by molar-refractivity contribution is -0.143. The van der Waals surface area contributed by atoms with Gasteiger partial charge in [-0.3, -0.25) is 9.59 Å². The number of carboxylic acid groups (broad SMARTS) is 1. The molecule has 0 bridgehead atoms. The van der Waals surface area contributed by atoms with Gasteiger partial charge in [-0.25, -0.2) is 5.01 Å². The summed E-state index contributed by atoms with van der Waals surface area (Å²) >= 11 is 0. The number of aliphatic carboxylic acids is 1. The third kappa shape index (κ3) is 2.08. The molecule has 1 aliphatic rings. The minimum Gasteiger partial charge on any atom is -0.480 e. The number of benzene rings is 1. The highest BCUT2D eigenvalue weighted by molar-refractivity contribution is 6.13. The van der Waals surface area contributed by atoms with Crippen LogP contribution in [0.25, 0.3) is 0 Å². The molecule has 0 fully saturated rings. The fraction of sp³-hybridized carbons (Fsp3) is 0.182. The lowest BCUT2D eigenvalue weighted by Gasteiger charge is -2.06. The summed E-state index contributed by atoms with van der Waals surface area (Å²) in [5, 5.41) is 13.6. The van der Waals surface area contributed by atoms with Crippen molar-refractivity contribution >= 4 is 17.6 Å². The van der Waals surface area contributed by atoms with Crippen molar-refractivity contribution < 1.29 is 14.7 Å². The lowest BCUT2D eigenvalue weighted by atomic mass is 10.1. The van der Waals surface area contributed by atoms with Crippen LogP contribution in [0.2, 0.25) is 0 Å². The molecule has 0 radical (unpaired) electrons. The molecule has 1 heterocycles. The number of nitrogens with zero attached hydrogens (tertiary/aromatic N) is 2. The van der Waals surface area contributed by atoms with E-state index in [2.05, 4.69) is 5.10 Å². The smallest absolute Gasteiger partial charge is 0.325 e. The van der Waals surface area contributed by atoms with Crippen molar-refractivity contribution in [2.45, 2.75) is 6.42 Å². The summed E-state index contributed by atoms with van der Waals surface area (Å²) in [6, 6.07) is 9.26. The van der Waals surface area contributed by atoms with E-state index in [0.717, 1.165) is 10.6 Å². The fourth-order valence-corrected chi connectivity index (χ4v) is 1.51. The zero-order chi connectivity index (χ0) is 11.5. The predicted octanol–water partition coefficient (Wildman–Crippen LogP) is 0.708. The molecule has 1 aliphatic heterocycles. The van der Waals surface area contributed by atoms with Crippen LogP contribution in [0.5, 0.6) is 0 Å². The minimum absolute atomic E-state index is 0.164. The van der Waals surface area contributed by atoms with Gasteiger partial charge >= 0.3 is 5.97 Å². The summed E-state index contributed by atoms with van der Waals surface area (Å²) < 4.78 is 0. The number of rotatable bonds is 3. The summed E-state index contributed by atoms with van der Waals surface area (Å²) in [5.41, 5.74) is 1.47. The third-order valence-corrected chi connectivity index (χ3v) is 2.24. The van der Waals surface area contributed by atoms with Gasteiger partial charge in [0, 0.05) is 0 Å². The molecular weight excluding hydrogens is 208 g/mol. The molecule has 0 unspecified atom stereocenters. The Hall–Kier alpha value is -2.17. The van der Waals surface area contributed by atoms with Gasteiger partial charge in [-0.1, -0.05) is 30.3 Å². The van der Waals surface area contributed by atoms with Crippen LogP contribution < -0.4 is 0 Å². The molecule has 0 saturated carbocycles. The minimum atomic E-state index is -1.06. The number of carboxylic acids is 1. The maximum Gasteiger partial charge on any atom is 0.325 e. The van der Waals surface area contributed by atoms with Gasteiger partial charge in [-0.2, -0.15) is 5.10 Å². The van der Waals surface area contributed by atoms with Gasteiger partial charge in [0.25, 0.3) is 0 Å². The first kappa shape index (κ1) is 10.4. The molecule has 0 aromatic heterocycles. The van der Waals surface area contributed by atoms with E-state index < -0.39 is 5.97 Å². The molecule has 2 rings (SSSR count). The van der Waals surface area contributed by atoms with E-state index in [0.29, 0.717) is 5.71 Å². The number of carbonyl (C=O) groups is 2. The Morgan fingerprint density at radius 2 is 2.06 bits per heavy atom. The Labute approximate surface area is 92.0 Å². The van der Waals surface area contributed by atoms with Crippen LogP contribution in [0, 0.1) is 0 Å². The number of hydrogen-bond acceptors (Lipinski definition) is 3. The second-order valence-corrected chi connectivity index (χ2v) is 3.43. The van der Waals surface area contributed by atoms with Crippen molar-refractivity contribution in [2.24, 2.45) is 5.10 Å². The van der Waals surface area contributed by atoms with Gasteiger partial charge in [0.1, 0.15) is 6.54 Å². The van der Waals surface area contributed by atoms with Crippen LogP contribution in [-0.2, 0) is 9.59 Å². The number of hydrazone groups is 1. The molecular formula is C11H10N2O3. The molecule has 0 atom stereocenters. The van der Waals surface area contributed by atoms with E-state index in [1.807, 2.05) is 30.3 Å². The Kier molecular flexibility index (Phi) is 2.68. The monoisotopic (exact) mass is 218 g/mol. The zero-order valence-electron chi connectivity index (χ0n) is 8.46. The number of carbonyl (C=O) groups excluding carboxylic acids is 1. The maximum absolute atomic E-state index is 11.4. The van der Waals surface area contributed by atoms with Crippen molar-refractivity contribution in [1.29, 1.82) is 0 Å². The Balaban J connectivity index is 2.20. The van der Waals surface area contributed by atoms with Gasteiger partial charge < -0.3 is 5.11 Å². The molecule has 1 N–H and O–H groups in total. The van der Waals surface area contributed by atoms with E-state index >= 15 is 0 Å². The molecule has 0 spiro atoms. The summed E-state index contributed by atoms with van der Waals surface area (Å²) in [7, 11) is 0. The zero-order valence-corrected chi connectivity index (χ0v) is 8.46. The maximum atomic E-state index is 11.4. The Morgan fingerprint density at radius 1 is 1.38 bits per heavy atom. The molecule has 1 aromatic rings. The molecule has 1 amide bonds. The fourth-order valence-electron chi connectivity index (χ4n) is 1.51. The highest BCUT2D eigenvalue weighted by Gasteiger charge is 2.25. The summed E-state index contributed by atoms with van der Waals surface area (Å²) in [4.78, 5) is 21.9. The van der Waals surface area contributed by atoms with Gasteiger partial charge in [-0.05, 0) is 5.56 Å². The van der Waals surface area contributed by atoms with Crippen molar-refractivity contribution in [2.75, 3.05) is 6.54 Å². The average molecular weight is 218 g/mol. The predicted molar refractivity (Wildman–Crippen MR) is 56.9 cm³/mol. The van der Waals surface area contributed by atoms with Crippen LogP contribution >= 0.6 is 0 Å². The van der Waals surface area contributed by atoms with Gasteiger partial charge in [-0.15, -0.1) is 0 Å². The third-order valence-electron chi connectivity index (χ3n) is 2.24. The topological polar surface area (TPSA) is 70.0 Å². The SMILES string of the molecule is O=C(O)CN1N=C(c2ccccc2)CC1=O. The van der Waals surface area contributed by atoms with Gasteiger partial charge in [0.05, 0.1) is 12.1 Å². The Morgan fingerprint density at radius 3 is 2.69 bits per heavy atom. The van der Waals surface area contributed by atoms with Crippen molar-refractivity contribution in [3.8, 4) is 0 Å². The molecule has 0 aliphatic carbocycles. The van der Waals surface area contributed by atoms with Crippen LogP contribution in [0.3, 0.4) is 0 Å². The van der Waals surface area contributed by atoms with Crippen LogP contribution in [0.4, 0.5) is 0 Å². The van der Waals surface area contributed by atoms with Gasteiger partial charge in [0.2, 0.25) is 5.91 Å². The first-order valence-electron chi connectivity index (χ1n) is 4.82. The quantitative estimate of drug-likeness (QED) is 0.812. The molecule has 82 valence electrons. The van der Waals surface area contributed by atoms with Crippen molar-refractivity contribution in [3.63, 3.8) is 0 Å². The highest BCUT2D eigenvalue weighted by atomic mass is 16.4. The Bertz CT molecular complexity index is 454. The second kappa shape index (κ2) is 4.14. The van der Waals surface area contributed by atoms with Crippen molar-refractivity contribution in [1.82, 2.24) is 5.01 Å². The van der Waals surface area contributed by atoms with Crippen molar-refractivity contribution in [3.05, 3.63) is 35.9 Å². The molecule has 1 aromatic carbocycles. The van der Waals surface area contributed by atoms with E-state index in [4.69, 9.17) is 5.11 Å². The number of amides is 1. The van der Waals surface area contributed by atoms with Crippen LogP contribution in [-0.4, -0.2) is 34.2 Å². The van der Waals surface area contributed by atoms with Crippen LogP contribution in [0.15, 0.2) is 35.4 Å². The summed E-state index contributed by atoms with van der Waals surface area (Å²) in [5.74, 6) is -1.34. The summed E-state index contributed by atoms with van der Waals surface area (Å²) in [6.07, 6.45) is 0.164. The van der Waals surface area contributed by atoms with Gasteiger partial charge in [0.15, 0.2) is 0 Å². The van der Waals surface area contributed by atoms with Crippen LogP contribution in [0.1, 0.15) is 12.0 Å². The highest BCUT2D eigenvalue weighted by Crippen LogP contribution is 2.14. The normalized spacial score (nSPS) is 15.1. The molecule has 5 nitrogen and oxygen atoms in total. The second-order valence-electron chi connectivity index (χ2n) is 3.43. The van der Waals surface area contributed by atoms with E-state index in [-0.39, 0.29) is 18.9 Å². The molecule has 0 saturated heterocycles. The first-order valence-corrected chi connectivity index (χ1v) is 4.82. The van der Waals surface area contributed by atoms with E-state index in [1.165, 1.54) is 0 Å². The first-order chi connectivity index (χ1) is 7.66. The largest absolute Gasteiger partial charge is 0.480 e. The number of hydrogen-bond donors (Lipinski definition) is 1. The summed E-state index contributed by atoms with van der Waals surface area (Å²) in [6.45, 7) is -0.380. The standard InChI is InChI=1S/C11H10N2O3/c14-10-6-9(8-4-2-1-3-5-8)12-13(10)7-11(15)16/h1-5H,6-7H2,(H,15,16). The average Bonchev–Trinajstić information content (AvgIpc) is 2.61. The molecule has 5 heteroatoms. The van der Waals surface area contributed by atoms with E-state index in [1.54, 1.807) is 0 Å². The van der Waals surface area contributed by atoms with E-state index in [9.17, 15) is 9.59 Å². The lowest BCUT2D eigenvalue weighted by Crippen LogP contribution is -2.27.